The molecule has 156 valence electrons. The van der Waals surface area contributed by atoms with Crippen LogP contribution in [0.25, 0.3) is 0 Å². The molecule has 2 N–H and O–H groups in total. The summed E-state index contributed by atoms with van der Waals surface area (Å²) in [6.45, 7) is 0.870. The first-order chi connectivity index (χ1) is 13.9. The number of hydrogen-bond donors (Lipinski definition) is 2. The van der Waals surface area contributed by atoms with Crippen LogP contribution in [-0.4, -0.2) is 18.5 Å². The Morgan fingerprint density at radius 2 is 1.72 bits per heavy atom. The molecule has 3 rings (SSSR count). The van der Waals surface area contributed by atoms with Gasteiger partial charge in [-0.2, -0.15) is 13.2 Å². The number of alkyl halides is 4. The van der Waals surface area contributed by atoms with E-state index in [-0.39, 0.29) is 17.5 Å². The first-order valence-electron chi connectivity index (χ1n) is 9.72. The molecule has 2 aromatic carbocycles. The second-order valence-electron chi connectivity index (χ2n) is 7.44. The molecule has 0 radical (unpaired) electrons. The third-order valence-corrected chi connectivity index (χ3v) is 5.66. The van der Waals surface area contributed by atoms with E-state index < -0.39 is 17.6 Å². The maximum absolute atomic E-state index is 13.0. The van der Waals surface area contributed by atoms with Crippen LogP contribution < -0.4 is 10.6 Å². The summed E-state index contributed by atoms with van der Waals surface area (Å²) in [4.78, 5) is 12.6. The van der Waals surface area contributed by atoms with Crippen LogP contribution in [0.4, 0.5) is 18.9 Å². The van der Waals surface area contributed by atoms with E-state index in [2.05, 4.69) is 10.6 Å². The van der Waals surface area contributed by atoms with Gasteiger partial charge in [0.25, 0.3) is 5.91 Å². The van der Waals surface area contributed by atoms with Crippen LogP contribution in [0, 0.1) is 5.92 Å². The molecule has 1 aliphatic rings. The van der Waals surface area contributed by atoms with Crippen molar-refractivity contribution in [2.24, 2.45) is 5.92 Å². The third kappa shape index (κ3) is 5.89. The van der Waals surface area contributed by atoms with Gasteiger partial charge in [0.15, 0.2) is 0 Å². The number of carbonyl (C=O) groups excluding carboxylic acids is 1. The van der Waals surface area contributed by atoms with Crippen LogP contribution in [0.1, 0.15) is 47.2 Å². The lowest BCUT2D eigenvalue weighted by Crippen LogP contribution is -2.39. The van der Waals surface area contributed by atoms with Crippen molar-refractivity contribution < 1.29 is 18.0 Å². The second kappa shape index (κ2) is 9.53. The Labute approximate surface area is 173 Å². The quantitative estimate of drug-likeness (QED) is 0.571. The summed E-state index contributed by atoms with van der Waals surface area (Å²) in [7, 11) is 0. The molecule has 0 aromatic heterocycles. The standard InChI is InChI=1S/C22H24ClF3N2O/c23-13-16-8-9-17(22(24,25)26)12-20(16)21(29)28-19-10-6-15(7-11-19)14-27-18-4-2-1-3-5-18/h1-5,8-9,12,15,19,27H,6-7,10-11,13-14H2,(H,28,29). The molecular weight excluding hydrogens is 401 g/mol. The zero-order chi connectivity index (χ0) is 20.9. The smallest absolute Gasteiger partial charge is 0.385 e. The Balaban J connectivity index is 1.54. The van der Waals surface area contributed by atoms with E-state index in [1.54, 1.807) is 0 Å². The van der Waals surface area contributed by atoms with E-state index >= 15 is 0 Å². The molecule has 1 fully saturated rings. The second-order valence-corrected chi connectivity index (χ2v) is 7.71. The highest BCUT2D eigenvalue weighted by atomic mass is 35.5. The Kier molecular flexibility index (Phi) is 7.06. The molecule has 7 heteroatoms. The fraction of sp³-hybridized carbons (Fsp3) is 0.409. The molecule has 0 bridgehead atoms. The van der Waals surface area contributed by atoms with Crippen LogP contribution in [-0.2, 0) is 12.1 Å². The molecular formula is C22H24ClF3N2O. The molecule has 1 saturated carbocycles. The van der Waals surface area contributed by atoms with E-state index in [0.717, 1.165) is 50.0 Å². The van der Waals surface area contributed by atoms with Crippen LogP contribution >= 0.6 is 11.6 Å². The molecule has 0 spiro atoms. The van der Waals surface area contributed by atoms with E-state index in [1.165, 1.54) is 6.07 Å². The highest BCUT2D eigenvalue weighted by Crippen LogP contribution is 2.31. The molecule has 0 atom stereocenters. The maximum Gasteiger partial charge on any atom is 0.416 e. The van der Waals surface area contributed by atoms with Crippen LogP contribution in [0.15, 0.2) is 48.5 Å². The Morgan fingerprint density at radius 3 is 2.34 bits per heavy atom. The molecule has 0 aliphatic heterocycles. The molecule has 2 aromatic rings. The van der Waals surface area contributed by atoms with Gasteiger partial charge in [0.05, 0.1) is 5.56 Å². The lowest BCUT2D eigenvalue weighted by Gasteiger charge is -2.29. The fourth-order valence-corrected chi connectivity index (χ4v) is 3.91. The third-order valence-electron chi connectivity index (χ3n) is 5.38. The average molecular weight is 425 g/mol. The van der Waals surface area contributed by atoms with Crippen molar-refractivity contribution in [3.8, 4) is 0 Å². The molecule has 0 heterocycles. The summed E-state index contributed by atoms with van der Waals surface area (Å²) >= 11 is 5.82. The minimum Gasteiger partial charge on any atom is -0.385 e. The van der Waals surface area contributed by atoms with Gasteiger partial charge in [-0.15, -0.1) is 11.6 Å². The van der Waals surface area contributed by atoms with E-state index in [1.807, 2.05) is 30.3 Å². The van der Waals surface area contributed by atoms with E-state index in [9.17, 15) is 18.0 Å². The summed E-state index contributed by atoms with van der Waals surface area (Å²) in [6, 6.07) is 13.1. The van der Waals surface area contributed by atoms with Gasteiger partial charge >= 0.3 is 6.18 Å². The summed E-state index contributed by atoms with van der Waals surface area (Å²) < 4.78 is 39.0. The minimum absolute atomic E-state index is 0.00249. The summed E-state index contributed by atoms with van der Waals surface area (Å²) in [5.41, 5.74) is 0.647. The van der Waals surface area contributed by atoms with Gasteiger partial charge in [-0.05, 0) is 61.4 Å². The number of hydrogen-bond acceptors (Lipinski definition) is 2. The van der Waals surface area contributed by atoms with Crippen molar-refractivity contribution in [2.75, 3.05) is 11.9 Å². The number of rotatable bonds is 6. The zero-order valence-corrected chi connectivity index (χ0v) is 16.7. The van der Waals surface area contributed by atoms with Crippen molar-refractivity contribution in [3.63, 3.8) is 0 Å². The molecule has 3 nitrogen and oxygen atoms in total. The molecule has 0 saturated heterocycles. The average Bonchev–Trinajstić information content (AvgIpc) is 2.73. The normalized spacial score (nSPS) is 19.6. The Morgan fingerprint density at radius 1 is 1.03 bits per heavy atom. The van der Waals surface area contributed by atoms with Gasteiger partial charge in [-0.3, -0.25) is 4.79 Å². The topological polar surface area (TPSA) is 41.1 Å². The number of para-hydroxylation sites is 1. The number of halogens is 4. The maximum atomic E-state index is 13.0. The number of amides is 1. The molecule has 1 aliphatic carbocycles. The predicted molar refractivity (Wildman–Crippen MR) is 109 cm³/mol. The number of anilines is 1. The van der Waals surface area contributed by atoms with Gasteiger partial charge in [0, 0.05) is 29.7 Å². The van der Waals surface area contributed by atoms with Gasteiger partial charge in [0.1, 0.15) is 0 Å². The van der Waals surface area contributed by atoms with Gasteiger partial charge in [-0.25, -0.2) is 0 Å². The monoisotopic (exact) mass is 424 g/mol. The molecule has 1 amide bonds. The van der Waals surface area contributed by atoms with Crippen molar-refractivity contribution in [2.45, 2.75) is 43.8 Å². The van der Waals surface area contributed by atoms with Crippen LogP contribution in [0.5, 0.6) is 0 Å². The zero-order valence-electron chi connectivity index (χ0n) is 15.9. The van der Waals surface area contributed by atoms with Crippen molar-refractivity contribution in [1.82, 2.24) is 5.32 Å². The number of nitrogens with one attached hydrogen (secondary N) is 2. The fourth-order valence-electron chi connectivity index (χ4n) is 3.67. The van der Waals surface area contributed by atoms with Crippen molar-refractivity contribution in [1.29, 1.82) is 0 Å². The largest absolute Gasteiger partial charge is 0.416 e. The van der Waals surface area contributed by atoms with Gasteiger partial charge in [-0.1, -0.05) is 24.3 Å². The summed E-state index contributed by atoms with van der Waals surface area (Å²) in [6.07, 6.45) is -0.973. The lowest BCUT2D eigenvalue weighted by atomic mass is 9.85. The Hall–Kier alpha value is -2.21. The predicted octanol–water partition coefficient (Wildman–Crippen LogP) is 5.84. The summed E-state index contributed by atoms with van der Waals surface area (Å²) in [5, 5.41) is 6.32. The Bertz CT molecular complexity index is 819. The first-order valence-corrected chi connectivity index (χ1v) is 10.3. The minimum atomic E-state index is -4.50. The lowest BCUT2D eigenvalue weighted by molar-refractivity contribution is -0.137. The first kappa shape index (κ1) is 21.5. The van der Waals surface area contributed by atoms with Crippen LogP contribution in [0.2, 0.25) is 0 Å². The number of benzene rings is 2. The van der Waals surface area contributed by atoms with Gasteiger partial charge in [0.2, 0.25) is 0 Å². The SMILES string of the molecule is O=C(NC1CCC(CNc2ccccc2)CC1)c1cc(C(F)(F)F)ccc1CCl. The van der Waals surface area contributed by atoms with E-state index in [0.29, 0.717) is 11.5 Å². The number of carbonyl (C=O) groups is 1. The van der Waals surface area contributed by atoms with Crippen molar-refractivity contribution >= 4 is 23.2 Å². The van der Waals surface area contributed by atoms with Gasteiger partial charge < -0.3 is 10.6 Å². The van der Waals surface area contributed by atoms with E-state index in [4.69, 9.17) is 11.6 Å². The van der Waals surface area contributed by atoms with Crippen molar-refractivity contribution in [3.05, 3.63) is 65.2 Å². The highest BCUT2D eigenvalue weighted by Gasteiger charge is 2.32. The highest BCUT2D eigenvalue weighted by molar-refractivity contribution is 6.17. The van der Waals surface area contributed by atoms with Crippen LogP contribution in [0.3, 0.4) is 0 Å². The molecule has 0 unspecified atom stereocenters. The summed E-state index contributed by atoms with van der Waals surface area (Å²) in [5.74, 6) is 0.00614. The molecule has 29 heavy (non-hydrogen) atoms.